The van der Waals surface area contributed by atoms with Crippen molar-refractivity contribution < 1.29 is 8.42 Å². The molecule has 0 bridgehead atoms. The molecule has 4 nitrogen and oxygen atoms in total. The maximum absolute atomic E-state index is 12.4. The lowest BCUT2D eigenvalue weighted by atomic mass is 9.89. The Morgan fingerprint density at radius 3 is 2.37 bits per heavy atom. The van der Waals surface area contributed by atoms with Crippen molar-refractivity contribution in [3.05, 3.63) is 29.3 Å². The fourth-order valence-electron chi connectivity index (χ4n) is 1.48. The fraction of sp³-hybridized carbons (Fsp3) is 0.500. The van der Waals surface area contributed by atoms with Gasteiger partial charge in [0.15, 0.2) is 0 Å². The highest BCUT2D eigenvalue weighted by molar-refractivity contribution is 7.89. The zero-order valence-electron chi connectivity index (χ0n) is 12.0. The van der Waals surface area contributed by atoms with Gasteiger partial charge in [-0.1, -0.05) is 32.9 Å². The minimum Gasteiger partial charge on any atom is -0.208 e. The molecule has 0 fully saturated rings. The number of sulfonamides is 1. The second-order valence-corrected chi connectivity index (χ2v) is 7.45. The van der Waals surface area contributed by atoms with Gasteiger partial charge in [-0.3, -0.25) is 0 Å². The molecule has 1 atom stereocenters. The van der Waals surface area contributed by atoms with Crippen LogP contribution in [0, 0.1) is 23.7 Å². The summed E-state index contributed by atoms with van der Waals surface area (Å²) in [5.41, 5.74) is 0.675. The molecule has 0 aliphatic rings. The lowest BCUT2D eigenvalue weighted by Gasteiger charge is -2.28. The molecule has 5 heteroatoms. The van der Waals surface area contributed by atoms with Gasteiger partial charge in [-0.05, 0) is 30.9 Å². The van der Waals surface area contributed by atoms with Gasteiger partial charge in [0.2, 0.25) is 10.0 Å². The van der Waals surface area contributed by atoms with Crippen LogP contribution in [0.15, 0.2) is 23.1 Å². The third-order valence-corrected chi connectivity index (χ3v) is 4.85. The van der Waals surface area contributed by atoms with Crippen LogP contribution in [-0.4, -0.2) is 14.5 Å². The number of nitriles is 1. The first-order valence-corrected chi connectivity index (χ1v) is 7.60. The lowest BCUT2D eigenvalue weighted by molar-refractivity contribution is 0.317. The Kier molecular flexibility index (Phi) is 4.39. The fourth-order valence-corrected chi connectivity index (χ4v) is 3.16. The van der Waals surface area contributed by atoms with Crippen molar-refractivity contribution in [3.63, 3.8) is 0 Å². The van der Waals surface area contributed by atoms with Crippen LogP contribution >= 0.6 is 0 Å². The van der Waals surface area contributed by atoms with Gasteiger partial charge in [0.25, 0.3) is 0 Å². The van der Waals surface area contributed by atoms with E-state index < -0.39 is 10.0 Å². The van der Waals surface area contributed by atoms with Crippen LogP contribution in [0.3, 0.4) is 0 Å². The molecule has 0 spiro atoms. The molecule has 0 saturated heterocycles. The van der Waals surface area contributed by atoms with Crippen LogP contribution in [0.25, 0.3) is 0 Å². The van der Waals surface area contributed by atoms with Crippen molar-refractivity contribution in [1.82, 2.24) is 4.72 Å². The van der Waals surface area contributed by atoms with Gasteiger partial charge >= 0.3 is 0 Å². The smallest absolute Gasteiger partial charge is 0.208 e. The maximum Gasteiger partial charge on any atom is 0.242 e. The van der Waals surface area contributed by atoms with Crippen molar-refractivity contribution >= 4 is 10.0 Å². The molecular weight excluding hydrogens is 260 g/mol. The van der Waals surface area contributed by atoms with Gasteiger partial charge in [-0.2, -0.15) is 5.26 Å². The van der Waals surface area contributed by atoms with Crippen LogP contribution in [0.4, 0.5) is 0 Å². The van der Waals surface area contributed by atoms with E-state index in [1.165, 1.54) is 6.07 Å². The number of rotatable bonds is 3. The van der Waals surface area contributed by atoms with Crippen molar-refractivity contribution in [3.8, 4) is 6.07 Å². The number of benzene rings is 1. The molecule has 0 saturated carbocycles. The van der Waals surface area contributed by atoms with E-state index in [-0.39, 0.29) is 21.9 Å². The monoisotopic (exact) mass is 280 g/mol. The first-order chi connectivity index (χ1) is 8.59. The first-order valence-electron chi connectivity index (χ1n) is 6.11. The SMILES string of the molecule is Cc1cccc(S(=O)(=O)NC(C)C(C)(C)C)c1C#N. The molecule has 1 aromatic rings. The summed E-state index contributed by atoms with van der Waals surface area (Å²) < 4.78 is 27.4. The van der Waals surface area contributed by atoms with Crippen molar-refractivity contribution in [2.75, 3.05) is 0 Å². The molecule has 1 aromatic carbocycles. The van der Waals surface area contributed by atoms with E-state index in [1.807, 2.05) is 33.8 Å². The summed E-state index contributed by atoms with van der Waals surface area (Å²) in [5, 5.41) is 9.11. The average molecular weight is 280 g/mol. The quantitative estimate of drug-likeness (QED) is 0.925. The molecule has 0 radical (unpaired) electrons. The predicted molar refractivity (Wildman–Crippen MR) is 75.1 cm³/mol. The second-order valence-electron chi connectivity index (χ2n) is 5.77. The Balaban J connectivity index is 3.24. The minimum absolute atomic E-state index is 0.0473. The van der Waals surface area contributed by atoms with Crippen LogP contribution in [0.1, 0.15) is 38.8 Å². The van der Waals surface area contributed by atoms with E-state index >= 15 is 0 Å². The van der Waals surface area contributed by atoms with Gasteiger partial charge in [-0.15, -0.1) is 0 Å². The normalized spacial score (nSPS) is 13.9. The minimum atomic E-state index is -3.68. The van der Waals surface area contributed by atoms with Gasteiger partial charge in [-0.25, -0.2) is 13.1 Å². The molecular formula is C14H20N2O2S. The summed E-state index contributed by atoms with van der Waals surface area (Å²) in [4.78, 5) is 0.0473. The lowest BCUT2D eigenvalue weighted by Crippen LogP contribution is -2.41. The van der Waals surface area contributed by atoms with E-state index in [4.69, 9.17) is 5.26 Å². The van der Waals surface area contributed by atoms with Crippen LogP contribution in [0.2, 0.25) is 0 Å². The topological polar surface area (TPSA) is 70.0 Å². The molecule has 19 heavy (non-hydrogen) atoms. The standard InChI is InChI=1S/C14H20N2O2S/c1-10-7-6-8-13(12(10)9-15)19(17,18)16-11(2)14(3,4)5/h6-8,11,16H,1-5H3. The van der Waals surface area contributed by atoms with Crippen molar-refractivity contribution in [2.24, 2.45) is 5.41 Å². The van der Waals surface area contributed by atoms with Gasteiger partial charge in [0.05, 0.1) is 5.56 Å². The van der Waals surface area contributed by atoms with E-state index in [1.54, 1.807) is 19.1 Å². The average Bonchev–Trinajstić information content (AvgIpc) is 2.26. The van der Waals surface area contributed by atoms with Gasteiger partial charge in [0, 0.05) is 6.04 Å². The zero-order valence-corrected chi connectivity index (χ0v) is 12.8. The van der Waals surface area contributed by atoms with Crippen LogP contribution in [-0.2, 0) is 10.0 Å². The summed E-state index contributed by atoms with van der Waals surface area (Å²) in [7, 11) is -3.68. The Hall–Kier alpha value is -1.38. The molecule has 0 amide bonds. The van der Waals surface area contributed by atoms with Crippen molar-refractivity contribution in [1.29, 1.82) is 5.26 Å². The Labute approximate surface area is 115 Å². The summed E-state index contributed by atoms with van der Waals surface area (Å²) in [6, 6.07) is 6.56. The Morgan fingerprint density at radius 2 is 1.89 bits per heavy atom. The Morgan fingerprint density at radius 1 is 1.32 bits per heavy atom. The number of hydrogen-bond donors (Lipinski definition) is 1. The summed E-state index contributed by atoms with van der Waals surface area (Å²) >= 11 is 0. The number of hydrogen-bond acceptors (Lipinski definition) is 3. The highest BCUT2D eigenvalue weighted by Gasteiger charge is 2.27. The third-order valence-electron chi connectivity index (χ3n) is 3.27. The second kappa shape index (κ2) is 5.32. The predicted octanol–water partition coefficient (Wildman–Crippen LogP) is 2.58. The third kappa shape index (κ3) is 3.55. The summed E-state index contributed by atoms with van der Waals surface area (Å²) in [6.45, 7) is 9.43. The largest absolute Gasteiger partial charge is 0.242 e. The highest BCUT2D eigenvalue weighted by atomic mass is 32.2. The van der Waals surface area contributed by atoms with E-state index in [0.717, 1.165) is 0 Å². The summed E-state index contributed by atoms with van der Waals surface area (Å²) in [6.07, 6.45) is 0. The molecule has 104 valence electrons. The number of aryl methyl sites for hydroxylation is 1. The Bertz CT molecular complexity index is 607. The maximum atomic E-state index is 12.4. The number of nitrogens with zero attached hydrogens (tertiary/aromatic N) is 1. The molecule has 0 aromatic heterocycles. The molecule has 1 rings (SSSR count). The molecule has 0 heterocycles. The van der Waals surface area contributed by atoms with Crippen LogP contribution < -0.4 is 4.72 Å². The van der Waals surface area contributed by atoms with E-state index in [0.29, 0.717) is 5.56 Å². The molecule has 0 aliphatic heterocycles. The highest BCUT2D eigenvalue weighted by Crippen LogP contribution is 2.23. The molecule has 1 unspecified atom stereocenters. The van der Waals surface area contributed by atoms with Gasteiger partial charge in [0.1, 0.15) is 11.0 Å². The number of nitrogens with one attached hydrogen (secondary N) is 1. The molecule has 0 aliphatic carbocycles. The van der Waals surface area contributed by atoms with Crippen LogP contribution in [0.5, 0.6) is 0 Å². The van der Waals surface area contributed by atoms with Crippen molar-refractivity contribution in [2.45, 2.75) is 45.6 Å². The zero-order chi connectivity index (χ0) is 14.8. The van der Waals surface area contributed by atoms with E-state index in [2.05, 4.69) is 4.72 Å². The van der Waals surface area contributed by atoms with Gasteiger partial charge < -0.3 is 0 Å². The summed E-state index contributed by atoms with van der Waals surface area (Å²) in [5.74, 6) is 0. The first kappa shape index (κ1) is 15.7. The molecule has 1 N–H and O–H groups in total. The van der Waals surface area contributed by atoms with E-state index in [9.17, 15) is 8.42 Å².